The summed E-state index contributed by atoms with van der Waals surface area (Å²) in [6.07, 6.45) is 5.83. The van der Waals surface area contributed by atoms with Gasteiger partial charge in [0.05, 0.1) is 6.54 Å². The minimum Gasteiger partial charge on any atom is -0.480 e. The molecule has 4 nitrogen and oxygen atoms in total. The number of rotatable bonds is 6. The lowest BCUT2D eigenvalue weighted by Gasteiger charge is -2.11. The van der Waals surface area contributed by atoms with Gasteiger partial charge in [0.2, 0.25) is 0 Å². The van der Waals surface area contributed by atoms with Gasteiger partial charge in [-0.25, -0.2) is 0 Å². The van der Waals surface area contributed by atoms with Crippen molar-refractivity contribution in [1.82, 2.24) is 9.88 Å². The Labute approximate surface area is 165 Å². The molecule has 3 rings (SSSR count). The van der Waals surface area contributed by atoms with Gasteiger partial charge in [0.15, 0.2) is 0 Å². The van der Waals surface area contributed by atoms with E-state index in [1.54, 1.807) is 11.9 Å². The Hall–Kier alpha value is -3.55. The van der Waals surface area contributed by atoms with Crippen molar-refractivity contribution in [3.63, 3.8) is 0 Å². The average molecular weight is 370 g/mol. The third-order valence-corrected chi connectivity index (χ3v) is 4.26. The molecule has 3 aromatic rings. The quantitative estimate of drug-likeness (QED) is 0.642. The molecule has 140 valence electrons. The Kier molecular flexibility index (Phi) is 6.46. The van der Waals surface area contributed by atoms with E-state index in [1.165, 1.54) is 0 Å². The monoisotopic (exact) mass is 370 g/mol. The van der Waals surface area contributed by atoms with Gasteiger partial charge in [0.1, 0.15) is 0 Å². The molecule has 0 saturated heterocycles. The molecule has 0 saturated carbocycles. The number of carboxylic acid groups (broad SMARTS) is 1. The van der Waals surface area contributed by atoms with Crippen LogP contribution in [-0.2, 0) is 4.79 Å². The van der Waals surface area contributed by atoms with Crippen molar-refractivity contribution in [1.29, 1.82) is 0 Å². The molecule has 28 heavy (non-hydrogen) atoms. The van der Waals surface area contributed by atoms with Gasteiger partial charge < -0.3 is 10.1 Å². The summed E-state index contributed by atoms with van der Waals surface area (Å²) < 4.78 is 0. The molecule has 0 fully saturated rings. The van der Waals surface area contributed by atoms with Gasteiger partial charge in [-0.15, -0.1) is 0 Å². The topological polar surface area (TPSA) is 56.3 Å². The first-order chi connectivity index (χ1) is 13.6. The zero-order valence-corrected chi connectivity index (χ0v) is 15.7. The number of benzene rings is 2. The predicted molar refractivity (Wildman–Crippen MR) is 113 cm³/mol. The van der Waals surface area contributed by atoms with Crippen LogP contribution in [0.1, 0.15) is 11.1 Å². The van der Waals surface area contributed by atoms with Crippen LogP contribution in [0.25, 0.3) is 16.7 Å². The zero-order valence-electron chi connectivity index (χ0n) is 15.7. The van der Waals surface area contributed by atoms with Gasteiger partial charge >= 0.3 is 5.97 Å². The minimum atomic E-state index is -0.844. The largest absolute Gasteiger partial charge is 0.480 e. The number of hydrogen-bond donors (Lipinski definition) is 2. The first kappa shape index (κ1) is 19.2. The molecule has 0 aliphatic carbocycles. The molecule has 0 atom stereocenters. The second-order valence-corrected chi connectivity index (χ2v) is 6.47. The Morgan fingerprint density at radius 1 is 1.11 bits per heavy atom. The lowest BCUT2D eigenvalue weighted by molar-refractivity contribution is -0.137. The van der Waals surface area contributed by atoms with Gasteiger partial charge in [-0.3, -0.25) is 9.69 Å². The van der Waals surface area contributed by atoms with Crippen molar-refractivity contribution in [3.8, 4) is 23.0 Å². The van der Waals surface area contributed by atoms with Crippen LogP contribution in [0.3, 0.4) is 0 Å². The van der Waals surface area contributed by atoms with Crippen LogP contribution in [0.2, 0.25) is 0 Å². The van der Waals surface area contributed by atoms with E-state index in [0.29, 0.717) is 6.54 Å². The lowest BCUT2D eigenvalue weighted by Crippen LogP contribution is -2.25. The zero-order chi connectivity index (χ0) is 19.8. The normalized spacial score (nSPS) is 11.1. The van der Waals surface area contributed by atoms with E-state index >= 15 is 0 Å². The highest BCUT2D eigenvalue weighted by molar-refractivity contribution is 5.81. The fraction of sp³-hybridized carbons (Fsp3) is 0.125. The molecule has 0 unspecified atom stereocenters. The molecule has 0 bridgehead atoms. The van der Waals surface area contributed by atoms with E-state index in [-0.39, 0.29) is 6.54 Å². The van der Waals surface area contributed by atoms with Gasteiger partial charge in [0.25, 0.3) is 0 Å². The number of nitrogens with one attached hydrogen (secondary N) is 1. The van der Waals surface area contributed by atoms with E-state index in [0.717, 1.165) is 27.8 Å². The minimum absolute atomic E-state index is 0.0116. The number of allylic oxidation sites excluding steroid dienone is 1. The smallest absolute Gasteiger partial charge is 0.317 e. The number of H-pyrrole nitrogens is 1. The van der Waals surface area contributed by atoms with Crippen molar-refractivity contribution < 1.29 is 9.90 Å². The van der Waals surface area contributed by atoms with Gasteiger partial charge in [-0.05, 0) is 30.3 Å². The molecule has 4 heteroatoms. The van der Waals surface area contributed by atoms with Crippen molar-refractivity contribution in [2.75, 3.05) is 20.1 Å². The summed E-state index contributed by atoms with van der Waals surface area (Å²) in [6, 6.07) is 20.0. The number of carboxylic acids is 1. The van der Waals surface area contributed by atoms with Crippen molar-refractivity contribution in [2.24, 2.45) is 0 Å². The summed E-state index contributed by atoms with van der Waals surface area (Å²) in [5, 5.41) is 8.95. The second-order valence-electron chi connectivity index (χ2n) is 6.47. The molecular formula is C24H22N2O2. The molecule has 0 aliphatic heterocycles. The standard InChI is InChI=1S/C24H22N2O2/c1-26(18-24(27)28)16-14-20(19-7-3-2-4-8-19)11-12-21-9-5-6-10-23(21)22-13-15-25-17-22/h2-10,13-15,17,25H,16,18H2,1H3,(H,27,28). The van der Waals surface area contributed by atoms with Crippen LogP contribution in [0.15, 0.2) is 79.1 Å². The van der Waals surface area contributed by atoms with Crippen LogP contribution in [0, 0.1) is 11.8 Å². The maximum atomic E-state index is 10.9. The second kappa shape index (κ2) is 9.40. The van der Waals surface area contributed by atoms with Gasteiger partial charge in [0, 0.05) is 35.6 Å². The van der Waals surface area contributed by atoms with Crippen LogP contribution >= 0.6 is 0 Å². The van der Waals surface area contributed by atoms with E-state index in [4.69, 9.17) is 5.11 Å². The fourth-order valence-corrected chi connectivity index (χ4v) is 2.87. The molecule has 1 aromatic heterocycles. The van der Waals surface area contributed by atoms with E-state index in [9.17, 15) is 4.79 Å². The van der Waals surface area contributed by atoms with Crippen molar-refractivity contribution in [3.05, 3.63) is 90.3 Å². The number of aromatic amines is 1. The number of nitrogens with zero attached hydrogens (tertiary/aromatic N) is 1. The summed E-state index contributed by atoms with van der Waals surface area (Å²) in [5.74, 6) is 5.74. The maximum absolute atomic E-state index is 10.9. The third-order valence-electron chi connectivity index (χ3n) is 4.26. The predicted octanol–water partition coefficient (Wildman–Crippen LogP) is 4.13. The third kappa shape index (κ3) is 5.23. The summed E-state index contributed by atoms with van der Waals surface area (Å²) in [5.41, 5.74) is 5.00. The Bertz CT molecular complexity index is 1010. The first-order valence-corrected chi connectivity index (χ1v) is 9.03. The van der Waals surface area contributed by atoms with Crippen LogP contribution in [-0.4, -0.2) is 41.1 Å². The summed E-state index contributed by atoms with van der Waals surface area (Å²) >= 11 is 0. The van der Waals surface area contributed by atoms with Crippen molar-refractivity contribution >= 4 is 11.5 Å². The lowest BCUT2D eigenvalue weighted by atomic mass is 10.0. The van der Waals surface area contributed by atoms with Crippen LogP contribution in [0.4, 0.5) is 0 Å². The molecule has 0 aliphatic rings. The SMILES string of the molecule is CN(CC=C(C#Cc1ccccc1-c1cc[nH]c1)c1ccccc1)CC(=O)O. The fourth-order valence-electron chi connectivity index (χ4n) is 2.87. The number of hydrogen-bond acceptors (Lipinski definition) is 2. The van der Waals surface area contributed by atoms with Gasteiger partial charge in [-0.2, -0.15) is 0 Å². The Balaban J connectivity index is 1.93. The number of carbonyl (C=O) groups is 1. The highest BCUT2D eigenvalue weighted by Gasteiger charge is 2.05. The molecular weight excluding hydrogens is 348 g/mol. The number of aromatic nitrogens is 1. The van der Waals surface area contributed by atoms with Gasteiger partial charge in [-0.1, -0.05) is 66.4 Å². The Morgan fingerprint density at radius 3 is 2.57 bits per heavy atom. The molecule has 2 N–H and O–H groups in total. The molecule has 0 amide bonds. The average Bonchev–Trinajstić information content (AvgIpc) is 3.23. The maximum Gasteiger partial charge on any atom is 0.317 e. The number of aliphatic carboxylic acids is 1. The van der Waals surface area contributed by atoms with E-state index < -0.39 is 5.97 Å². The number of likely N-dealkylation sites (N-methyl/N-ethyl adjacent to an activating group) is 1. The highest BCUT2D eigenvalue weighted by atomic mass is 16.4. The molecule has 0 spiro atoms. The van der Waals surface area contributed by atoms with Crippen molar-refractivity contribution in [2.45, 2.75) is 0 Å². The summed E-state index contributed by atoms with van der Waals surface area (Å²) in [4.78, 5) is 15.7. The highest BCUT2D eigenvalue weighted by Crippen LogP contribution is 2.23. The summed E-state index contributed by atoms with van der Waals surface area (Å²) in [7, 11) is 1.78. The van der Waals surface area contributed by atoms with Crippen LogP contribution in [0.5, 0.6) is 0 Å². The molecule has 1 heterocycles. The van der Waals surface area contributed by atoms with E-state index in [2.05, 4.69) is 22.9 Å². The first-order valence-electron chi connectivity index (χ1n) is 9.03. The Morgan fingerprint density at radius 2 is 1.86 bits per heavy atom. The summed E-state index contributed by atoms with van der Waals surface area (Å²) in [6.45, 7) is 0.493. The van der Waals surface area contributed by atoms with Crippen LogP contribution < -0.4 is 0 Å². The molecule has 0 radical (unpaired) electrons. The van der Waals surface area contributed by atoms with E-state index in [1.807, 2.05) is 73.1 Å². The molecule has 2 aromatic carbocycles.